The monoisotopic (exact) mass is 457 g/mol. The van der Waals surface area contributed by atoms with E-state index in [0.717, 1.165) is 18.4 Å². The number of ether oxygens (including phenoxy) is 1. The highest BCUT2D eigenvalue weighted by atomic mass is 19.1. The fourth-order valence-electron chi connectivity index (χ4n) is 4.02. The SMILES string of the molecule is C[C@@H](NC(=O)c1cc2n(n1)CCCN(Cc1ccc(F)cc1)C2=O)C(=O)NC[C@@H]1CCCO1. The summed E-state index contributed by atoms with van der Waals surface area (Å²) in [5, 5.41) is 9.72. The van der Waals surface area contributed by atoms with E-state index in [1.807, 2.05) is 0 Å². The van der Waals surface area contributed by atoms with Crippen molar-refractivity contribution in [3.8, 4) is 0 Å². The molecule has 10 heteroatoms. The Labute approximate surface area is 191 Å². The third-order valence-corrected chi connectivity index (χ3v) is 5.87. The van der Waals surface area contributed by atoms with Gasteiger partial charge in [0.05, 0.1) is 6.10 Å². The lowest BCUT2D eigenvalue weighted by molar-refractivity contribution is -0.123. The largest absolute Gasteiger partial charge is 0.376 e. The Morgan fingerprint density at radius 1 is 1.24 bits per heavy atom. The molecule has 0 bridgehead atoms. The maximum Gasteiger partial charge on any atom is 0.272 e. The Kier molecular flexibility index (Phi) is 7.02. The number of hydrogen-bond acceptors (Lipinski definition) is 5. The molecule has 0 spiro atoms. The van der Waals surface area contributed by atoms with Gasteiger partial charge in [0.15, 0.2) is 5.69 Å². The lowest BCUT2D eigenvalue weighted by Gasteiger charge is -2.20. The smallest absolute Gasteiger partial charge is 0.272 e. The molecule has 2 aliphatic rings. The van der Waals surface area contributed by atoms with Crippen molar-refractivity contribution in [2.45, 2.75) is 51.4 Å². The zero-order valence-corrected chi connectivity index (χ0v) is 18.6. The maximum atomic E-state index is 13.2. The maximum absolute atomic E-state index is 13.2. The summed E-state index contributed by atoms with van der Waals surface area (Å²) in [4.78, 5) is 39.7. The first-order valence-corrected chi connectivity index (χ1v) is 11.2. The Morgan fingerprint density at radius 3 is 2.76 bits per heavy atom. The van der Waals surface area contributed by atoms with Crippen molar-refractivity contribution in [1.82, 2.24) is 25.3 Å². The molecule has 0 unspecified atom stereocenters. The Bertz CT molecular complexity index is 1020. The van der Waals surface area contributed by atoms with E-state index in [0.29, 0.717) is 44.9 Å². The zero-order chi connectivity index (χ0) is 23.4. The molecule has 1 saturated heterocycles. The van der Waals surface area contributed by atoms with Crippen LogP contribution in [0.4, 0.5) is 4.39 Å². The fraction of sp³-hybridized carbons (Fsp3) is 0.478. The van der Waals surface area contributed by atoms with Crippen LogP contribution in [0, 0.1) is 5.82 Å². The quantitative estimate of drug-likeness (QED) is 0.655. The summed E-state index contributed by atoms with van der Waals surface area (Å²) in [6.45, 7) is 4.08. The lowest BCUT2D eigenvalue weighted by atomic mass is 10.2. The van der Waals surface area contributed by atoms with Gasteiger partial charge in [0, 0.05) is 38.9 Å². The number of amides is 3. The number of nitrogens with one attached hydrogen (secondary N) is 2. The number of benzene rings is 1. The standard InChI is InChI=1S/C23H28FN5O4/c1-15(21(30)25-13-18-4-2-11-33-18)26-22(31)19-12-20-23(32)28(9-3-10-29(20)27-19)14-16-5-7-17(24)8-6-16/h5-8,12,15,18H,2-4,9-11,13-14H2,1H3,(H,25,30)(H,26,31)/t15-,18+/m1/s1. The second-order valence-electron chi connectivity index (χ2n) is 8.42. The average molecular weight is 458 g/mol. The number of rotatable bonds is 7. The molecule has 9 nitrogen and oxygen atoms in total. The zero-order valence-electron chi connectivity index (χ0n) is 18.6. The molecule has 2 N–H and O–H groups in total. The summed E-state index contributed by atoms with van der Waals surface area (Å²) >= 11 is 0. The van der Waals surface area contributed by atoms with Gasteiger partial charge < -0.3 is 20.3 Å². The van der Waals surface area contributed by atoms with Gasteiger partial charge in [-0.1, -0.05) is 12.1 Å². The predicted octanol–water partition coefficient (Wildman–Crippen LogP) is 1.48. The molecule has 2 atom stereocenters. The van der Waals surface area contributed by atoms with E-state index in [2.05, 4.69) is 15.7 Å². The molecule has 2 aromatic rings. The number of hydrogen-bond donors (Lipinski definition) is 2. The van der Waals surface area contributed by atoms with E-state index in [1.165, 1.54) is 22.9 Å². The van der Waals surface area contributed by atoms with E-state index in [-0.39, 0.29) is 29.4 Å². The lowest BCUT2D eigenvalue weighted by Crippen LogP contribution is -2.46. The first kappa shape index (κ1) is 22.9. The fourth-order valence-corrected chi connectivity index (χ4v) is 4.02. The molecule has 1 aromatic heterocycles. The highest BCUT2D eigenvalue weighted by molar-refractivity contribution is 5.99. The highest BCUT2D eigenvalue weighted by Crippen LogP contribution is 2.17. The first-order chi connectivity index (χ1) is 15.9. The summed E-state index contributed by atoms with van der Waals surface area (Å²) in [5.41, 5.74) is 1.22. The van der Waals surface area contributed by atoms with Crippen LogP contribution in [0.1, 0.15) is 52.7 Å². The summed E-state index contributed by atoms with van der Waals surface area (Å²) in [6, 6.07) is 6.72. The van der Waals surface area contributed by atoms with Gasteiger partial charge in [-0.3, -0.25) is 19.1 Å². The van der Waals surface area contributed by atoms with Crippen molar-refractivity contribution in [3.63, 3.8) is 0 Å². The van der Waals surface area contributed by atoms with E-state index in [1.54, 1.807) is 24.0 Å². The molecular weight excluding hydrogens is 429 g/mol. The van der Waals surface area contributed by atoms with Gasteiger partial charge in [0.1, 0.15) is 17.6 Å². The predicted molar refractivity (Wildman–Crippen MR) is 117 cm³/mol. The van der Waals surface area contributed by atoms with E-state index >= 15 is 0 Å². The molecule has 176 valence electrons. The van der Waals surface area contributed by atoms with Gasteiger partial charge in [-0.2, -0.15) is 5.10 Å². The number of carbonyl (C=O) groups excluding carboxylic acids is 3. The summed E-state index contributed by atoms with van der Waals surface area (Å²) in [7, 11) is 0. The second kappa shape index (κ2) is 10.1. The van der Waals surface area contributed by atoms with Crippen LogP contribution >= 0.6 is 0 Å². The molecule has 1 fully saturated rings. The van der Waals surface area contributed by atoms with Gasteiger partial charge in [-0.25, -0.2) is 4.39 Å². The van der Waals surface area contributed by atoms with Crippen molar-refractivity contribution in [2.75, 3.05) is 19.7 Å². The number of fused-ring (bicyclic) bond motifs is 1. The van der Waals surface area contributed by atoms with E-state index in [4.69, 9.17) is 4.74 Å². The van der Waals surface area contributed by atoms with Crippen LogP contribution in [-0.4, -0.2) is 64.2 Å². The van der Waals surface area contributed by atoms with Crippen molar-refractivity contribution in [3.05, 3.63) is 53.1 Å². The van der Waals surface area contributed by atoms with Crippen LogP contribution in [0.15, 0.2) is 30.3 Å². The van der Waals surface area contributed by atoms with Crippen LogP contribution in [0.5, 0.6) is 0 Å². The molecule has 3 heterocycles. The van der Waals surface area contributed by atoms with Crippen LogP contribution in [0.25, 0.3) is 0 Å². The van der Waals surface area contributed by atoms with Gasteiger partial charge in [0.2, 0.25) is 5.91 Å². The van der Waals surface area contributed by atoms with Crippen LogP contribution in [-0.2, 0) is 22.6 Å². The average Bonchev–Trinajstić information content (AvgIpc) is 3.45. The Balaban J connectivity index is 1.37. The topological polar surface area (TPSA) is 106 Å². The van der Waals surface area contributed by atoms with Crippen LogP contribution in [0.2, 0.25) is 0 Å². The number of aromatic nitrogens is 2. The second-order valence-corrected chi connectivity index (χ2v) is 8.42. The molecule has 0 aliphatic carbocycles. The molecule has 3 amide bonds. The van der Waals surface area contributed by atoms with Crippen LogP contribution < -0.4 is 10.6 Å². The van der Waals surface area contributed by atoms with Gasteiger partial charge in [0.25, 0.3) is 11.8 Å². The van der Waals surface area contributed by atoms with Crippen molar-refractivity contribution in [1.29, 1.82) is 0 Å². The van der Waals surface area contributed by atoms with Gasteiger partial charge in [-0.05, 0) is 43.9 Å². The highest BCUT2D eigenvalue weighted by Gasteiger charge is 2.27. The molecule has 0 radical (unpaired) electrons. The van der Waals surface area contributed by atoms with E-state index in [9.17, 15) is 18.8 Å². The summed E-state index contributed by atoms with van der Waals surface area (Å²) in [5.74, 6) is -1.40. The van der Waals surface area contributed by atoms with Crippen LogP contribution in [0.3, 0.4) is 0 Å². The Hall–Kier alpha value is -3.27. The van der Waals surface area contributed by atoms with E-state index < -0.39 is 11.9 Å². The minimum Gasteiger partial charge on any atom is -0.376 e. The molecule has 4 rings (SSSR count). The minimum absolute atomic E-state index is 0.0181. The normalized spacial score (nSPS) is 19.0. The first-order valence-electron chi connectivity index (χ1n) is 11.2. The molecule has 0 saturated carbocycles. The molecule has 33 heavy (non-hydrogen) atoms. The number of nitrogens with zero attached hydrogens (tertiary/aromatic N) is 3. The summed E-state index contributed by atoms with van der Waals surface area (Å²) in [6.07, 6.45) is 2.58. The molecular formula is C23H28FN5O4. The molecule has 2 aliphatic heterocycles. The van der Waals surface area contributed by atoms with Gasteiger partial charge >= 0.3 is 0 Å². The summed E-state index contributed by atoms with van der Waals surface area (Å²) < 4.78 is 20.2. The third kappa shape index (κ3) is 5.57. The third-order valence-electron chi connectivity index (χ3n) is 5.87. The number of aryl methyl sites for hydroxylation is 1. The van der Waals surface area contributed by atoms with Crippen molar-refractivity contribution < 1.29 is 23.5 Å². The number of halogens is 1. The van der Waals surface area contributed by atoms with Crippen molar-refractivity contribution >= 4 is 17.7 Å². The van der Waals surface area contributed by atoms with Gasteiger partial charge in [-0.15, -0.1) is 0 Å². The molecule has 1 aromatic carbocycles. The Morgan fingerprint density at radius 2 is 2.03 bits per heavy atom. The van der Waals surface area contributed by atoms with Crippen molar-refractivity contribution in [2.24, 2.45) is 0 Å². The minimum atomic E-state index is -0.758. The number of carbonyl (C=O) groups is 3.